The van der Waals surface area contributed by atoms with Gasteiger partial charge >= 0.3 is 0 Å². The van der Waals surface area contributed by atoms with Gasteiger partial charge in [-0.25, -0.2) is 8.42 Å². The van der Waals surface area contributed by atoms with Crippen molar-refractivity contribution < 1.29 is 22.7 Å². The Morgan fingerprint density at radius 1 is 1.03 bits per heavy atom. The number of nitrogens with zero attached hydrogens (tertiary/aromatic N) is 2. The summed E-state index contributed by atoms with van der Waals surface area (Å²) in [6.45, 7) is 9.10. The Hall–Kier alpha value is -3.07. The van der Waals surface area contributed by atoms with Crippen molar-refractivity contribution >= 4 is 27.5 Å². The first kappa shape index (κ1) is 28.2. The van der Waals surface area contributed by atoms with Gasteiger partial charge in [0.2, 0.25) is 21.8 Å². The average Bonchev–Trinajstić information content (AvgIpc) is 2.78. The number of methoxy groups -OCH3 is 1. The second-order valence-corrected chi connectivity index (χ2v) is 10.9. The minimum absolute atomic E-state index is 0.0995. The largest absolute Gasteiger partial charge is 0.497 e. The van der Waals surface area contributed by atoms with Crippen LogP contribution in [0.2, 0.25) is 0 Å². The number of aryl methyl sites for hydroxylation is 2. The van der Waals surface area contributed by atoms with Crippen molar-refractivity contribution in [3.8, 4) is 5.75 Å². The first-order chi connectivity index (χ1) is 16.4. The van der Waals surface area contributed by atoms with E-state index in [0.29, 0.717) is 17.9 Å². The van der Waals surface area contributed by atoms with Crippen LogP contribution in [0.5, 0.6) is 5.75 Å². The summed E-state index contributed by atoms with van der Waals surface area (Å²) in [5.74, 6) is -0.0640. The zero-order valence-corrected chi connectivity index (χ0v) is 22.5. The Bertz CT molecular complexity index is 1130. The third-order valence-electron chi connectivity index (χ3n) is 5.79. The molecule has 0 heterocycles. The Balaban J connectivity index is 2.45. The third kappa shape index (κ3) is 7.71. The summed E-state index contributed by atoms with van der Waals surface area (Å²) in [5.41, 5.74) is 3.15. The molecule has 192 valence electrons. The van der Waals surface area contributed by atoms with Gasteiger partial charge < -0.3 is 15.0 Å². The predicted molar refractivity (Wildman–Crippen MR) is 139 cm³/mol. The van der Waals surface area contributed by atoms with Crippen molar-refractivity contribution in [3.05, 3.63) is 59.2 Å². The van der Waals surface area contributed by atoms with E-state index in [-0.39, 0.29) is 18.5 Å². The van der Waals surface area contributed by atoms with Crippen LogP contribution in [-0.2, 0) is 26.2 Å². The van der Waals surface area contributed by atoms with Gasteiger partial charge in [-0.2, -0.15) is 0 Å². The summed E-state index contributed by atoms with van der Waals surface area (Å²) in [6.07, 6.45) is 1.45. The van der Waals surface area contributed by atoms with Crippen LogP contribution in [0.4, 0.5) is 5.69 Å². The van der Waals surface area contributed by atoms with Gasteiger partial charge in [-0.3, -0.25) is 13.9 Å². The molecule has 0 aliphatic heterocycles. The lowest BCUT2D eigenvalue weighted by Crippen LogP contribution is -2.53. The summed E-state index contributed by atoms with van der Waals surface area (Å²) >= 11 is 0. The summed E-state index contributed by atoms with van der Waals surface area (Å²) in [7, 11) is -2.19. The fraction of sp³-hybridized carbons (Fsp3) is 0.462. The molecule has 2 aromatic carbocycles. The van der Waals surface area contributed by atoms with Crippen LogP contribution in [0.3, 0.4) is 0 Å². The van der Waals surface area contributed by atoms with Gasteiger partial charge in [0.15, 0.2) is 0 Å². The molecule has 1 unspecified atom stereocenters. The number of nitrogens with one attached hydrogen (secondary N) is 1. The molecule has 0 aromatic heterocycles. The van der Waals surface area contributed by atoms with Crippen LogP contribution in [0.15, 0.2) is 42.5 Å². The van der Waals surface area contributed by atoms with Crippen LogP contribution < -0.4 is 14.4 Å². The number of ether oxygens (including phenoxy) is 1. The van der Waals surface area contributed by atoms with E-state index in [4.69, 9.17) is 4.74 Å². The molecule has 0 spiro atoms. The molecule has 1 N–H and O–H groups in total. The highest BCUT2D eigenvalue weighted by atomic mass is 32.2. The van der Waals surface area contributed by atoms with Gasteiger partial charge in [-0.05, 0) is 75.1 Å². The second kappa shape index (κ2) is 12.1. The van der Waals surface area contributed by atoms with Crippen molar-refractivity contribution in [1.82, 2.24) is 10.2 Å². The molecule has 0 aliphatic rings. The first-order valence-electron chi connectivity index (χ1n) is 11.6. The van der Waals surface area contributed by atoms with E-state index >= 15 is 0 Å². The smallest absolute Gasteiger partial charge is 0.244 e. The predicted octanol–water partition coefficient (Wildman–Crippen LogP) is 3.41. The average molecular weight is 504 g/mol. The number of rotatable bonds is 11. The molecule has 0 saturated heterocycles. The highest BCUT2D eigenvalue weighted by molar-refractivity contribution is 7.92. The zero-order valence-electron chi connectivity index (χ0n) is 21.7. The van der Waals surface area contributed by atoms with Gasteiger partial charge in [0.05, 0.1) is 19.1 Å². The fourth-order valence-corrected chi connectivity index (χ4v) is 4.56. The number of anilines is 1. The van der Waals surface area contributed by atoms with Crippen LogP contribution >= 0.6 is 0 Å². The summed E-state index contributed by atoms with van der Waals surface area (Å²) in [4.78, 5) is 28.1. The van der Waals surface area contributed by atoms with Crippen molar-refractivity contribution in [2.24, 2.45) is 0 Å². The molecular weight excluding hydrogens is 466 g/mol. The summed E-state index contributed by atoms with van der Waals surface area (Å²) in [5, 5.41) is 2.88. The highest BCUT2D eigenvalue weighted by Crippen LogP contribution is 2.23. The molecule has 9 heteroatoms. The first-order valence-corrected chi connectivity index (χ1v) is 13.5. The van der Waals surface area contributed by atoms with E-state index in [1.165, 1.54) is 4.90 Å². The van der Waals surface area contributed by atoms with Crippen LogP contribution in [0.1, 0.15) is 43.9 Å². The van der Waals surface area contributed by atoms with Crippen LogP contribution in [0, 0.1) is 13.8 Å². The quantitative estimate of drug-likeness (QED) is 0.507. The molecule has 0 fully saturated rings. The lowest BCUT2D eigenvalue weighted by molar-refractivity contribution is -0.140. The Morgan fingerprint density at radius 3 is 2.14 bits per heavy atom. The van der Waals surface area contributed by atoms with E-state index in [9.17, 15) is 18.0 Å². The number of carbonyl (C=O) groups is 2. The number of amides is 2. The van der Waals surface area contributed by atoms with Gasteiger partial charge in [0, 0.05) is 12.6 Å². The van der Waals surface area contributed by atoms with E-state index < -0.39 is 28.5 Å². The molecule has 0 radical (unpaired) electrons. The molecule has 0 bridgehead atoms. The number of sulfonamides is 1. The molecule has 2 rings (SSSR count). The molecule has 2 aromatic rings. The molecule has 35 heavy (non-hydrogen) atoms. The monoisotopic (exact) mass is 503 g/mol. The highest BCUT2D eigenvalue weighted by Gasteiger charge is 2.32. The van der Waals surface area contributed by atoms with E-state index in [0.717, 1.165) is 27.3 Å². The number of hydrogen-bond donors (Lipinski definition) is 1. The van der Waals surface area contributed by atoms with Crippen molar-refractivity contribution in [2.75, 3.05) is 24.2 Å². The third-order valence-corrected chi connectivity index (χ3v) is 6.93. The van der Waals surface area contributed by atoms with Gasteiger partial charge in [0.25, 0.3) is 0 Å². The number of benzene rings is 2. The van der Waals surface area contributed by atoms with Crippen molar-refractivity contribution in [1.29, 1.82) is 0 Å². The molecular formula is C26H37N3O5S. The zero-order chi connectivity index (χ0) is 26.3. The minimum Gasteiger partial charge on any atom is -0.497 e. The van der Waals surface area contributed by atoms with E-state index in [1.807, 2.05) is 52.8 Å². The minimum atomic E-state index is -3.76. The number of carbonyl (C=O) groups excluding carboxylic acids is 2. The van der Waals surface area contributed by atoms with Gasteiger partial charge in [-0.1, -0.05) is 25.1 Å². The maximum Gasteiger partial charge on any atom is 0.244 e. The molecule has 0 aliphatic carbocycles. The lowest BCUT2D eigenvalue weighted by atomic mass is 10.1. The van der Waals surface area contributed by atoms with E-state index in [2.05, 4.69) is 5.32 Å². The summed E-state index contributed by atoms with van der Waals surface area (Å²) < 4.78 is 31.7. The maximum absolute atomic E-state index is 13.7. The molecule has 0 saturated carbocycles. The van der Waals surface area contributed by atoms with Crippen LogP contribution in [0.25, 0.3) is 0 Å². The summed E-state index contributed by atoms with van der Waals surface area (Å²) in [6, 6.07) is 11.6. The fourth-order valence-electron chi connectivity index (χ4n) is 3.72. The Morgan fingerprint density at radius 2 is 1.66 bits per heavy atom. The van der Waals surface area contributed by atoms with Crippen molar-refractivity contribution in [2.45, 2.75) is 59.7 Å². The molecule has 1 atom stereocenters. The second-order valence-electron chi connectivity index (χ2n) is 9.00. The SMILES string of the molecule is CCC(C(=O)NC(C)C)N(Cc1ccc(OC)cc1)C(=O)CN(c1ccc(C)c(C)c1)S(C)(=O)=O. The lowest BCUT2D eigenvalue weighted by Gasteiger charge is -2.33. The van der Waals surface area contributed by atoms with Crippen LogP contribution in [-0.4, -0.2) is 57.1 Å². The Labute approximate surface area is 209 Å². The Kier molecular flexibility index (Phi) is 9.71. The standard InChI is InChI=1S/C26H37N3O5S/c1-8-24(26(31)27-18(2)3)28(16-21-10-13-23(34-6)14-11-21)25(30)17-29(35(7,32)33)22-12-9-19(4)20(5)15-22/h9-15,18,24H,8,16-17H2,1-7H3,(H,27,31). The van der Waals surface area contributed by atoms with Crippen molar-refractivity contribution in [3.63, 3.8) is 0 Å². The normalized spacial score (nSPS) is 12.2. The molecule has 8 nitrogen and oxygen atoms in total. The number of hydrogen-bond acceptors (Lipinski definition) is 5. The molecule has 2 amide bonds. The van der Waals surface area contributed by atoms with E-state index in [1.54, 1.807) is 31.4 Å². The van der Waals surface area contributed by atoms with Gasteiger partial charge in [-0.15, -0.1) is 0 Å². The maximum atomic E-state index is 13.7. The topological polar surface area (TPSA) is 96.0 Å². The van der Waals surface area contributed by atoms with Gasteiger partial charge in [0.1, 0.15) is 18.3 Å².